The van der Waals surface area contributed by atoms with Gasteiger partial charge in [0.1, 0.15) is 44.8 Å². The predicted molar refractivity (Wildman–Crippen MR) is 341 cm³/mol. The summed E-state index contributed by atoms with van der Waals surface area (Å²) in [6.07, 6.45) is 6.99. The van der Waals surface area contributed by atoms with Gasteiger partial charge in [-0.05, 0) is 192 Å². The highest BCUT2D eigenvalue weighted by molar-refractivity contribution is 7.00. The van der Waals surface area contributed by atoms with Gasteiger partial charge >= 0.3 is 0 Å². The maximum atomic E-state index is 7.64. The fraction of sp³-hybridized carbons (Fsp3) is 0.424. The number of hydrogen-bond donors (Lipinski definition) is 0. The molecule has 3 nitrogen and oxygen atoms in total. The van der Waals surface area contributed by atoms with Crippen LogP contribution in [0, 0.1) is 0 Å². The van der Waals surface area contributed by atoms with Crippen molar-refractivity contribution in [2.45, 2.75) is 180 Å². The Morgan fingerprint density at radius 2 is 0.880 bits per heavy atom. The summed E-state index contributed by atoms with van der Waals surface area (Å²) in [5, 5.41) is 1.18. The molecule has 0 N–H and O–H groups in total. The predicted octanol–water partition coefficient (Wildman–Crippen LogP) is 7.82. The summed E-state index contributed by atoms with van der Waals surface area (Å²) in [4.78, 5) is 5.40. The first-order chi connectivity index (χ1) is 34.8. The monoisotopic (exact) mass is 983 g/mol. The first-order valence-electron chi connectivity index (χ1n) is 28.8. The first-order valence-corrected chi connectivity index (χ1v) is 28.8. The van der Waals surface area contributed by atoms with Crippen molar-refractivity contribution in [2.24, 2.45) is 0 Å². The number of rotatable bonds is 3. The zero-order chi connectivity index (χ0) is 53.8. The lowest BCUT2D eigenvalue weighted by Gasteiger charge is -2.47. The maximum Gasteiger partial charge on any atom is 0.297 e. The van der Waals surface area contributed by atoms with E-state index in [0.29, 0.717) is 0 Å². The summed E-state index contributed by atoms with van der Waals surface area (Å²) >= 11 is 0. The van der Waals surface area contributed by atoms with Crippen LogP contribution in [0.15, 0.2) is 83.3 Å². The van der Waals surface area contributed by atoms with Crippen molar-refractivity contribution in [1.82, 2.24) is 0 Å². The molecule has 378 valence electrons. The lowest BCUT2D eigenvalue weighted by atomic mass is 9.35. The lowest BCUT2D eigenvalue weighted by molar-refractivity contribution is 0.332. The molecule has 0 atom stereocenters. The molecule has 6 aromatic carbocycles. The van der Waals surface area contributed by atoms with Crippen LogP contribution >= 0.6 is 0 Å². The van der Waals surface area contributed by atoms with Gasteiger partial charge in [-0.15, -0.1) is 16.4 Å². The quantitative estimate of drug-likeness (QED) is 0.169. The van der Waals surface area contributed by atoms with Gasteiger partial charge in [0.15, 0.2) is 0 Å². The van der Waals surface area contributed by atoms with Crippen LogP contribution in [0.3, 0.4) is 0 Å². The van der Waals surface area contributed by atoms with Gasteiger partial charge in [0, 0.05) is 33.8 Å². The second kappa shape index (κ2) is 16.0. The fourth-order valence-electron chi connectivity index (χ4n) is 15.1. The molecule has 3 heterocycles. The van der Waals surface area contributed by atoms with Crippen molar-refractivity contribution in [2.75, 3.05) is 9.80 Å². The molecule has 1 aromatic heterocycles. The first kappa shape index (κ1) is 50.7. The van der Waals surface area contributed by atoms with Crippen LogP contribution in [-0.2, 0) is 37.9 Å². The highest BCUT2D eigenvalue weighted by Crippen LogP contribution is 2.55. The molecule has 3 aliphatic carbocycles. The molecule has 12 rings (SSSR count). The molecule has 5 aliphatic rings. The molecule has 0 bridgehead atoms. The maximum absolute atomic E-state index is 7.64. The fourth-order valence-corrected chi connectivity index (χ4v) is 15.1. The van der Waals surface area contributed by atoms with Gasteiger partial charge in [0.05, 0.1) is 11.3 Å². The van der Waals surface area contributed by atoms with Gasteiger partial charge in [0.25, 0.3) is 6.71 Å². The normalized spacial score (nSPS) is 19.9. The summed E-state index contributed by atoms with van der Waals surface area (Å²) in [7, 11) is 11.7. The molecule has 9 heteroatoms. The Hall–Kier alpha value is -5.15. The van der Waals surface area contributed by atoms with Crippen molar-refractivity contribution in [3.63, 3.8) is 0 Å². The van der Waals surface area contributed by atoms with Crippen LogP contribution in [0.1, 0.15) is 181 Å². The minimum absolute atomic E-state index is 0.0118. The molecule has 0 saturated carbocycles. The highest BCUT2D eigenvalue weighted by Gasteiger charge is 2.50. The van der Waals surface area contributed by atoms with Gasteiger partial charge < -0.3 is 14.2 Å². The molecule has 0 unspecified atom stereocenters. The molecule has 75 heavy (non-hydrogen) atoms. The third kappa shape index (κ3) is 7.33. The molecule has 0 amide bonds. The van der Waals surface area contributed by atoms with Crippen LogP contribution < -0.4 is 53.7 Å². The van der Waals surface area contributed by atoms with E-state index >= 15 is 0 Å². The Morgan fingerprint density at radius 1 is 0.453 bits per heavy atom. The van der Waals surface area contributed by atoms with Crippen LogP contribution in [-0.4, -0.2) is 45.9 Å². The molecule has 0 fully saturated rings. The van der Waals surface area contributed by atoms with E-state index in [1.807, 2.05) is 0 Å². The molecule has 0 saturated heterocycles. The van der Waals surface area contributed by atoms with Crippen LogP contribution in [0.25, 0.3) is 22.1 Å². The molecule has 2 aliphatic heterocycles. The largest absolute Gasteiger partial charge is 0.468 e. The number of furan rings is 1. The van der Waals surface area contributed by atoms with E-state index in [0.717, 1.165) is 36.9 Å². The van der Waals surface area contributed by atoms with E-state index in [4.69, 9.17) is 4.42 Å². The standard InChI is InChI=1S/C66H80B6N2O/c1-60(2,3)36-16-21-50-39(30-36)58-59(75-50)72-46-33-44-45(66(14,15)27-26-65(44,12)13)34-47(46)73(37-17-19-40-42(31-37)63(8,9)24-22-61(40,4)5)48-28-35(51-52(67)54(69)56(71)55(70)53(51)68)29-49(57(48)72)74(58)38-18-20-41-43(32-38)64(10,11)25-23-62(41,6)7/h16-21,28-34H,22-27,67-71H2,1-15H3. The van der Waals surface area contributed by atoms with Crippen molar-refractivity contribution in [3.8, 4) is 11.1 Å². The van der Waals surface area contributed by atoms with Gasteiger partial charge in [-0.3, -0.25) is 0 Å². The van der Waals surface area contributed by atoms with Crippen LogP contribution in [0.4, 0.5) is 34.1 Å². The summed E-state index contributed by atoms with van der Waals surface area (Å²) in [5.41, 5.74) is 32.0. The Morgan fingerprint density at radius 3 is 1.37 bits per heavy atom. The third-order valence-corrected chi connectivity index (χ3v) is 21.0. The van der Waals surface area contributed by atoms with Crippen molar-refractivity contribution >= 4 is 135 Å². The van der Waals surface area contributed by atoms with E-state index in [-0.39, 0.29) is 44.6 Å². The molecular formula is C66H80B6N2O. The number of anilines is 6. The van der Waals surface area contributed by atoms with E-state index in [9.17, 15) is 0 Å². The lowest BCUT2D eigenvalue weighted by Crippen LogP contribution is -2.61. The van der Waals surface area contributed by atoms with Gasteiger partial charge in [-0.2, -0.15) is 0 Å². The smallest absolute Gasteiger partial charge is 0.297 e. The second-order valence-electron chi connectivity index (χ2n) is 29.5. The SMILES string of the molecule is Bc1c(B)c(B)c(-c2cc3c4c(c2)N(c2ccc5c(c2)C(C)(C)CCC5(C)C)c2c(oc5ccc(C(C)(C)C)cc25)B4c2cc4c(cc2N3c2ccc3c(c2)C(C)(C)CCC3(C)C)C(C)(C)CCC4(C)C)c(B)c1B. The van der Waals surface area contributed by atoms with Crippen molar-refractivity contribution in [3.05, 3.63) is 118 Å². The Bertz CT molecular complexity index is 3610. The summed E-state index contributed by atoms with van der Waals surface area (Å²) in [6, 6.07) is 32.7. The minimum Gasteiger partial charge on any atom is -0.468 e. The molecular weight excluding hydrogens is 902 g/mol. The van der Waals surface area contributed by atoms with Crippen LogP contribution in [0.5, 0.6) is 0 Å². The number of hydrogen-bond acceptors (Lipinski definition) is 3. The van der Waals surface area contributed by atoms with Gasteiger partial charge in [-0.1, -0.05) is 139 Å². The average molecular weight is 982 g/mol. The summed E-state index contributed by atoms with van der Waals surface area (Å²) < 4.78 is 7.64. The minimum atomic E-state index is -0.150. The Kier molecular flexibility index (Phi) is 10.8. The zero-order valence-corrected chi connectivity index (χ0v) is 49.6. The topological polar surface area (TPSA) is 19.6 Å². The average Bonchev–Trinajstić information content (AvgIpc) is 3.79. The molecule has 7 aromatic rings. The molecule has 0 radical (unpaired) electrons. The van der Waals surface area contributed by atoms with E-state index in [1.165, 1.54) is 141 Å². The summed E-state index contributed by atoms with van der Waals surface area (Å²) in [5.74, 6) is 0. The zero-order valence-electron chi connectivity index (χ0n) is 49.6. The highest BCUT2D eigenvalue weighted by atomic mass is 16.3. The van der Waals surface area contributed by atoms with Gasteiger partial charge in [0.2, 0.25) is 0 Å². The van der Waals surface area contributed by atoms with Crippen LogP contribution in [0.2, 0.25) is 0 Å². The van der Waals surface area contributed by atoms with E-state index < -0.39 is 0 Å². The Labute approximate surface area is 455 Å². The summed E-state index contributed by atoms with van der Waals surface area (Å²) in [6.45, 7) is 36.6. The van der Waals surface area contributed by atoms with Gasteiger partial charge in [-0.25, -0.2) is 0 Å². The van der Waals surface area contributed by atoms with Crippen molar-refractivity contribution in [1.29, 1.82) is 0 Å². The number of nitrogens with zero attached hydrogens (tertiary/aromatic N) is 2. The Balaban J connectivity index is 1.28. The second-order valence-corrected chi connectivity index (χ2v) is 29.5. The van der Waals surface area contributed by atoms with E-state index in [2.05, 4.69) is 232 Å². The van der Waals surface area contributed by atoms with E-state index in [1.54, 1.807) is 0 Å². The number of benzene rings is 6. The van der Waals surface area contributed by atoms with Crippen molar-refractivity contribution < 1.29 is 4.42 Å². The third-order valence-electron chi connectivity index (χ3n) is 21.0. The number of fused-ring (bicyclic) bond motifs is 9. The molecule has 0 spiro atoms.